The molecule has 1 heterocycles. The number of rotatable bonds is 5. The first kappa shape index (κ1) is 28.8. The fourth-order valence-corrected chi connectivity index (χ4v) is 6.02. The van der Waals surface area contributed by atoms with Crippen LogP contribution in [0.15, 0.2) is 103 Å². The maximum atomic E-state index is 14.0. The highest BCUT2D eigenvalue weighted by molar-refractivity contribution is 6.50. The molecule has 0 fully saturated rings. The lowest BCUT2D eigenvalue weighted by molar-refractivity contribution is -0.684. The van der Waals surface area contributed by atoms with Crippen LogP contribution < -0.4 is 4.57 Å². The molecule has 1 aromatic heterocycles. The molecule has 0 amide bonds. The fourth-order valence-electron chi connectivity index (χ4n) is 5.90. The van der Waals surface area contributed by atoms with Crippen molar-refractivity contribution in [2.75, 3.05) is 5.88 Å². The van der Waals surface area contributed by atoms with Gasteiger partial charge in [-0.05, 0) is 80.3 Å². The summed E-state index contributed by atoms with van der Waals surface area (Å²) in [7, 11) is -6.00. The van der Waals surface area contributed by atoms with Crippen LogP contribution in [-0.4, -0.2) is 13.1 Å². The van der Waals surface area contributed by atoms with E-state index in [1.54, 1.807) is 0 Å². The fraction of sp³-hybridized carbons (Fsp3) is 0.0882. The molecule has 7 rings (SSSR count). The quantitative estimate of drug-likeness (QED) is 0.0459. The summed E-state index contributed by atoms with van der Waals surface area (Å²) >= 11 is 6.16. The Balaban J connectivity index is 0.000000611. The lowest BCUT2D eigenvalue weighted by atomic mass is 9.87. The molecule has 0 unspecified atom stereocenters. The largest absolute Gasteiger partial charge is 0.673 e. The SMILES string of the molecule is F[B-](F)(F)F.Fc1ccc(-c2c(-c3ccc(F)cc3)[n+](CCCCl)cc3c2cc2ccc4cccc5ccc3c2c45)cc1. The average molecular weight is 606 g/mol. The Labute approximate surface area is 248 Å². The zero-order valence-corrected chi connectivity index (χ0v) is 23.4. The molecule has 0 aliphatic heterocycles. The van der Waals surface area contributed by atoms with Crippen molar-refractivity contribution in [2.24, 2.45) is 0 Å². The minimum absolute atomic E-state index is 0.283. The molecule has 0 radical (unpaired) electrons. The number of hydrogen-bond acceptors (Lipinski definition) is 0. The molecule has 0 spiro atoms. The molecule has 0 N–H and O–H groups in total. The molecule has 43 heavy (non-hydrogen) atoms. The molecule has 0 saturated heterocycles. The van der Waals surface area contributed by atoms with Gasteiger partial charge in [0.1, 0.15) is 18.2 Å². The van der Waals surface area contributed by atoms with Gasteiger partial charge in [-0.25, -0.2) is 8.78 Å². The van der Waals surface area contributed by atoms with E-state index in [2.05, 4.69) is 59.3 Å². The van der Waals surface area contributed by atoms with E-state index < -0.39 is 7.25 Å². The normalized spacial score (nSPS) is 11.9. The highest BCUT2D eigenvalue weighted by Crippen LogP contribution is 2.43. The monoisotopic (exact) mass is 605 g/mol. The van der Waals surface area contributed by atoms with Crippen molar-refractivity contribution in [3.63, 3.8) is 0 Å². The number of aromatic nitrogens is 1. The molecule has 1 nitrogen and oxygen atoms in total. The predicted molar refractivity (Wildman–Crippen MR) is 164 cm³/mol. The second-order valence-corrected chi connectivity index (χ2v) is 10.7. The van der Waals surface area contributed by atoms with Crippen molar-refractivity contribution in [3.05, 3.63) is 115 Å². The Bertz CT molecular complexity index is 2050. The van der Waals surface area contributed by atoms with Crippen LogP contribution in [0.2, 0.25) is 0 Å². The van der Waals surface area contributed by atoms with Gasteiger partial charge in [0.05, 0.1) is 10.9 Å². The van der Waals surface area contributed by atoms with Crippen LogP contribution >= 0.6 is 11.6 Å². The van der Waals surface area contributed by atoms with E-state index in [1.807, 2.05) is 24.3 Å². The van der Waals surface area contributed by atoms with Crippen LogP contribution in [-0.2, 0) is 6.54 Å². The van der Waals surface area contributed by atoms with Crippen molar-refractivity contribution >= 4 is 61.9 Å². The van der Waals surface area contributed by atoms with Gasteiger partial charge in [-0.2, -0.15) is 4.57 Å². The van der Waals surface area contributed by atoms with Gasteiger partial charge in [-0.1, -0.05) is 54.6 Å². The van der Waals surface area contributed by atoms with Gasteiger partial charge in [0, 0.05) is 23.3 Å². The predicted octanol–water partition coefficient (Wildman–Crippen LogP) is 10.6. The molecule has 0 atom stereocenters. The summed E-state index contributed by atoms with van der Waals surface area (Å²) in [6, 6.07) is 30.7. The van der Waals surface area contributed by atoms with Gasteiger partial charge in [-0.3, -0.25) is 0 Å². The Morgan fingerprint density at radius 2 is 1.16 bits per heavy atom. The van der Waals surface area contributed by atoms with Crippen LogP contribution in [0.5, 0.6) is 0 Å². The smallest absolute Gasteiger partial charge is 0.418 e. The molecule has 6 aromatic carbocycles. The van der Waals surface area contributed by atoms with Crippen molar-refractivity contribution in [2.45, 2.75) is 13.0 Å². The van der Waals surface area contributed by atoms with E-state index in [1.165, 1.54) is 51.2 Å². The van der Waals surface area contributed by atoms with Crippen LogP contribution in [0.1, 0.15) is 6.42 Å². The number of alkyl halides is 1. The van der Waals surface area contributed by atoms with Crippen molar-refractivity contribution in [1.29, 1.82) is 0 Å². The second kappa shape index (κ2) is 11.4. The summed E-state index contributed by atoms with van der Waals surface area (Å²) in [5, 5.41) is 9.48. The van der Waals surface area contributed by atoms with E-state index in [9.17, 15) is 26.0 Å². The van der Waals surface area contributed by atoms with E-state index in [4.69, 9.17) is 11.6 Å². The van der Waals surface area contributed by atoms with Gasteiger partial charge in [0.2, 0.25) is 5.69 Å². The molecule has 0 aliphatic rings. The van der Waals surface area contributed by atoms with Crippen molar-refractivity contribution in [1.82, 2.24) is 0 Å². The molecular weight excluding hydrogens is 583 g/mol. The zero-order chi connectivity index (χ0) is 30.3. The van der Waals surface area contributed by atoms with Crippen LogP contribution in [0.25, 0.3) is 65.5 Å². The van der Waals surface area contributed by atoms with Gasteiger partial charge in [0.25, 0.3) is 0 Å². The molecule has 0 saturated carbocycles. The zero-order valence-electron chi connectivity index (χ0n) is 22.6. The van der Waals surface area contributed by atoms with Gasteiger partial charge in [0.15, 0.2) is 6.20 Å². The molecule has 216 valence electrons. The third-order valence-corrected chi connectivity index (χ3v) is 7.82. The number of halogens is 7. The summed E-state index contributed by atoms with van der Waals surface area (Å²) in [6.45, 7) is 0.697. The second-order valence-electron chi connectivity index (χ2n) is 10.3. The number of nitrogens with zero attached hydrogens (tertiary/aromatic N) is 1. The van der Waals surface area contributed by atoms with Gasteiger partial charge < -0.3 is 17.3 Å². The molecule has 0 bridgehead atoms. The maximum Gasteiger partial charge on any atom is 0.673 e. The third-order valence-electron chi connectivity index (χ3n) is 7.55. The van der Waals surface area contributed by atoms with Gasteiger partial charge in [-0.15, -0.1) is 11.6 Å². The first-order valence-corrected chi connectivity index (χ1v) is 14.2. The number of fused-ring (bicyclic) bond motifs is 2. The standard InChI is InChI=1S/C34H23ClF2N.BF4/c35-17-2-18-38-20-30-28-16-11-22-4-1-3-21-5-6-25(32(28)31(21)22)19-29(30)33(23-7-12-26(36)13-8-23)34(38)24-9-14-27(37)15-10-24;2-1(3,4)5/h1,3-16,19-20H,2,17-18H2;/q+1;-1. The van der Waals surface area contributed by atoms with Crippen LogP contribution in [0.4, 0.5) is 26.0 Å². The summed E-state index contributed by atoms with van der Waals surface area (Å²) in [5.41, 5.74) is 3.76. The van der Waals surface area contributed by atoms with Crippen molar-refractivity contribution in [3.8, 4) is 22.4 Å². The highest BCUT2D eigenvalue weighted by atomic mass is 35.5. The maximum absolute atomic E-state index is 14.0. The van der Waals surface area contributed by atoms with E-state index >= 15 is 0 Å². The third kappa shape index (κ3) is 5.72. The van der Waals surface area contributed by atoms with Crippen LogP contribution in [0, 0.1) is 11.6 Å². The number of pyridine rings is 1. The van der Waals surface area contributed by atoms with Crippen molar-refractivity contribution < 1.29 is 30.6 Å². The van der Waals surface area contributed by atoms with Crippen LogP contribution in [0.3, 0.4) is 0 Å². The van der Waals surface area contributed by atoms with E-state index in [0.717, 1.165) is 45.0 Å². The van der Waals surface area contributed by atoms with E-state index in [0.29, 0.717) is 12.4 Å². The first-order valence-electron chi connectivity index (χ1n) is 13.6. The molecule has 9 heteroatoms. The average Bonchev–Trinajstić information content (AvgIpc) is 2.98. The molecular formula is C34H23BClF6N. The molecule has 0 aliphatic carbocycles. The molecule has 7 aromatic rings. The number of hydrogen-bond donors (Lipinski definition) is 0. The minimum Gasteiger partial charge on any atom is -0.418 e. The Morgan fingerprint density at radius 1 is 0.605 bits per heavy atom. The first-order chi connectivity index (χ1) is 20.6. The summed E-state index contributed by atoms with van der Waals surface area (Å²) in [6.07, 6.45) is 2.99. The highest BCUT2D eigenvalue weighted by Gasteiger charge is 2.26. The Morgan fingerprint density at radius 3 is 1.77 bits per heavy atom. The lowest BCUT2D eigenvalue weighted by Gasteiger charge is -2.17. The number of aryl methyl sites for hydroxylation is 1. The lowest BCUT2D eigenvalue weighted by Crippen LogP contribution is -2.37. The summed E-state index contributed by atoms with van der Waals surface area (Å²) in [4.78, 5) is 0. The summed E-state index contributed by atoms with van der Waals surface area (Å²) in [5.74, 6) is -0.0404. The number of benzene rings is 6. The summed E-state index contributed by atoms with van der Waals surface area (Å²) < 4.78 is 69.2. The Hall–Kier alpha value is -4.30. The van der Waals surface area contributed by atoms with E-state index in [-0.39, 0.29) is 11.6 Å². The Kier molecular flexibility index (Phi) is 7.65. The minimum atomic E-state index is -6.00. The van der Waals surface area contributed by atoms with Gasteiger partial charge >= 0.3 is 7.25 Å². The topological polar surface area (TPSA) is 3.88 Å².